The monoisotopic (exact) mass is 598 g/mol. The Morgan fingerprint density at radius 2 is 1.00 bits per heavy atom. The van der Waals surface area contributed by atoms with Gasteiger partial charge >= 0.3 is 0 Å². The van der Waals surface area contributed by atoms with E-state index in [1.165, 1.54) is 82.2 Å². The van der Waals surface area contributed by atoms with Crippen LogP contribution in [-0.4, -0.2) is 0 Å². The Balaban J connectivity index is 0.969. The molecule has 0 bridgehead atoms. The molecule has 1 heterocycles. The Bertz CT molecular complexity index is 2720. The molecule has 1 aliphatic rings. The van der Waals surface area contributed by atoms with Crippen LogP contribution in [-0.2, 0) is 6.42 Å². The van der Waals surface area contributed by atoms with E-state index in [1.54, 1.807) is 0 Å². The van der Waals surface area contributed by atoms with Crippen molar-refractivity contribution in [3.63, 3.8) is 0 Å². The summed E-state index contributed by atoms with van der Waals surface area (Å²) in [6.07, 6.45) is 6.78. The predicted octanol–water partition coefficient (Wildman–Crippen LogP) is 13.0. The molecule has 1 aromatic heterocycles. The maximum Gasteiger partial charge on any atom is 0.143 e. The summed E-state index contributed by atoms with van der Waals surface area (Å²) in [4.78, 5) is 0. The van der Waals surface area contributed by atoms with Crippen LogP contribution < -0.4 is 0 Å². The van der Waals surface area contributed by atoms with Crippen LogP contribution in [0.2, 0.25) is 0 Å². The van der Waals surface area contributed by atoms with Crippen molar-refractivity contribution >= 4 is 60.3 Å². The Hall–Kier alpha value is -5.92. The number of hydrogen-bond acceptors (Lipinski definition) is 1. The van der Waals surface area contributed by atoms with Gasteiger partial charge in [0.25, 0.3) is 0 Å². The largest absolute Gasteiger partial charge is 0.455 e. The number of furan rings is 1. The first-order chi connectivity index (χ1) is 23.2. The third kappa shape index (κ3) is 4.31. The Morgan fingerprint density at radius 3 is 1.81 bits per heavy atom. The highest BCUT2D eigenvalue weighted by molar-refractivity contribution is 6.23. The van der Waals surface area contributed by atoms with Gasteiger partial charge in [-0.25, -0.2) is 0 Å². The number of para-hydroxylation sites is 1. The second kappa shape index (κ2) is 10.3. The van der Waals surface area contributed by atoms with Crippen LogP contribution >= 0.6 is 0 Å². The molecule has 8 aromatic carbocycles. The fraction of sp³-hybridized carbons (Fsp3) is 0.0435. The van der Waals surface area contributed by atoms with Crippen molar-refractivity contribution in [1.82, 2.24) is 0 Å². The maximum absolute atomic E-state index is 6.41. The van der Waals surface area contributed by atoms with E-state index < -0.39 is 0 Å². The average molecular weight is 599 g/mol. The van der Waals surface area contributed by atoms with E-state index in [1.807, 2.05) is 6.07 Å². The van der Waals surface area contributed by atoms with Crippen molar-refractivity contribution in [3.8, 4) is 33.4 Å². The molecule has 0 N–H and O–H groups in total. The minimum atomic E-state index is 0.933. The number of hydrogen-bond donors (Lipinski definition) is 0. The average Bonchev–Trinajstić information content (AvgIpc) is 3.53. The molecule has 0 saturated carbocycles. The smallest absolute Gasteiger partial charge is 0.143 e. The van der Waals surface area contributed by atoms with Crippen LogP contribution in [0.3, 0.4) is 0 Å². The van der Waals surface area contributed by atoms with Crippen LogP contribution in [0.4, 0.5) is 0 Å². The van der Waals surface area contributed by atoms with Gasteiger partial charge in [-0.05, 0) is 115 Å². The summed E-state index contributed by atoms with van der Waals surface area (Å²) >= 11 is 0. The number of fused-ring (bicyclic) bond motifs is 9. The molecule has 1 heteroatoms. The van der Waals surface area contributed by atoms with E-state index in [-0.39, 0.29) is 0 Å². The van der Waals surface area contributed by atoms with E-state index in [2.05, 4.69) is 152 Å². The molecule has 10 rings (SSSR count). The lowest BCUT2D eigenvalue weighted by atomic mass is 9.92. The minimum Gasteiger partial charge on any atom is -0.455 e. The summed E-state index contributed by atoms with van der Waals surface area (Å²) in [7, 11) is 0. The molecule has 47 heavy (non-hydrogen) atoms. The highest BCUT2D eigenvalue weighted by Gasteiger charge is 2.13. The minimum absolute atomic E-state index is 0.933. The summed E-state index contributed by atoms with van der Waals surface area (Å²) in [5, 5.41) is 9.68. The summed E-state index contributed by atoms with van der Waals surface area (Å²) in [5.74, 6) is 0. The van der Waals surface area contributed by atoms with Crippen molar-refractivity contribution < 1.29 is 4.42 Å². The quantitative estimate of drug-likeness (QED) is 0.184. The van der Waals surface area contributed by atoms with Gasteiger partial charge in [0.1, 0.15) is 11.2 Å². The van der Waals surface area contributed by atoms with Crippen LogP contribution in [0.25, 0.3) is 93.7 Å². The number of allylic oxidation sites excluding steroid dienone is 1. The Morgan fingerprint density at radius 1 is 0.426 bits per heavy atom. The van der Waals surface area contributed by atoms with Gasteiger partial charge < -0.3 is 4.42 Å². The van der Waals surface area contributed by atoms with Crippen molar-refractivity contribution in [1.29, 1.82) is 0 Å². The summed E-state index contributed by atoms with van der Waals surface area (Å²) in [6, 6.07) is 53.5. The lowest BCUT2D eigenvalue weighted by Gasteiger charge is -2.13. The molecule has 220 valence electrons. The molecule has 0 unspecified atom stereocenters. The molecule has 0 amide bonds. The second-order valence-electron chi connectivity index (χ2n) is 12.8. The molecule has 0 aliphatic heterocycles. The Kier molecular flexibility index (Phi) is 5.77. The summed E-state index contributed by atoms with van der Waals surface area (Å²) in [5.41, 5.74) is 12.2. The first-order valence-electron chi connectivity index (χ1n) is 16.5. The van der Waals surface area contributed by atoms with Gasteiger partial charge in [0, 0.05) is 16.2 Å². The van der Waals surface area contributed by atoms with Crippen LogP contribution in [0.5, 0.6) is 0 Å². The first-order valence-corrected chi connectivity index (χ1v) is 16.5. The predicted molar refractivity (Wildman–Crippen MR) is 200 cm³/mol. The molecule has 1 aliphatic carbocycles. The maximum atomic E-state index is 6.41. The van der Waals surface area contributed by atoms with Gasteiger partial charge in [0.05, 0.1) is 0 Å². The van der Waals surface area contributed by atoms with E-state index in [0.29, 0.717) is 0 Å². The topological polar surface area (TPSA) is 13.1 Å². The van der Waals surface area contributed by atoms with Gasteiger partial charge in [0.15, 0.2) is 0 Å². The molecule has 1 nitrogen and oxygen atoms in total. The molecule has 0 saturated heterocycles. The van der Waals surface area contributed by atoms with Gasteiger partial charge in [0.2, 0.25) is 0 Å². The standard InChI is InChI=1S/C46H30O/c1-2-6-33-25-36(15-13-29(33)5-1)39-19-18-37-26-34(16-17-38(37)27-39)30-9-11-31(12-10-30)35-22-23-41-40(28-35)20-14-32-21-24-43-42-7-3-4-8-44(42)47-46(43)45(32)41/h1,3-5,7-28H,2,6H2. The summed E-state index contributed by atoms with van der Waals surface area (Å²) < 4.78 is 6.41. The molecule has 0 fully saturated rings. The van der Waals surface area contributed by atoms with Crippen LogP contribution in [0.15, 0.2) is 156 Å². The van der Waals surface area contributed by atoms with Crippen molar-refractivity contribution in [2.75, 3.05) is 0 Å². The fourth-order valence-electron chi connectivity index (χ4n) is 7.58. The molecule has 9 aromatic rings. The fourth-order valence-corrected chi connectivity index (χ4v) is 7.58. The van der Waals surface area contributed by atoms with E-state index in [9.17, 15) is 0 Å². The molecule has 0 atom stereocenters. The zero-order chi connectivity index (χ0) is 30.9. The third-order valence-corrected chi connectivity index (χ3v) is 10.1. The van der Waals surface area contributed by atoms with Gasteiger partial charge in [-0.15, -0.1) is 0 Å². The highest BCUT2D eigenvalue weighted by atomic mass is 16.3. The van der Waals surface area contributed by atoms with Gasteiger partial charge in [-0.2, -0.15) is 0 Å². The summed E-state index contributed by atoms with van der Waals surface area (Å²) in [6.45, 7) is 0. The molecular weight excluding hydrogens is 569 g/mol. The van der Waals surface area contributed by atoms with Gasteiger partial charge in [-0.1, -0.05) is 127 Å². The third-order valence-electron chi connectivity index (χ3n) is 10.1. The van der Waals surface area contributed by atoms with E-state index >= 15 is 0 Å². The Labute approximate surface area is 273 Å². The normalized spacial score (nSPS) is 12.9. The number of aryl methyl sites for hydroxylation is 1. The molecule has 0 radical (unpaired) electrons. The molecular formula is C46H30O. The van der Waals surface area contributed by atoms with Gasteiger partial charge in [-0.3, -0.25) is 0 Å². The lowest BCUT2D eigenvalue weighted by molar-refractivity contribution is 0.673. The number of rotatable bonds is 3. The van der Waals surface area contributed by atoms with Crippen molar-refractivity contribution in [2.45, 2.75) is 12.8 Å². The van der Waals surface area contributed by atoms with E-state index in [4.69, 9.17) is 4.42 Å². The zero-order valence-corrected chi connectivity index (χ0v) is 25.8. The lowest BCUT2D eigenvalue weighted by Crippen LogP contribution is -1.94. The van der Waals surface area contributed by atoms with E-state index in [0.717, 1.165) is 29.4 Å². The second-order valence-corrected chi connectivity index (χ2v) is 12.8. The zero-order valence-electron chi connectivity index (χ0n) is 25.8. The first kappa shape index (κ1) is 26.3. The highest BCUT2D eigenvalue weighted by Crippen LogP contribution is 2.39. The molecule has 0 spiro atoms. The van der Waals surface area contributed by atoms with Crippen LogP contribution in [0, 0.1) is 0 Å². The number of benzene rings is 8. The SMILES string of the molecule is C1=Cc2ccc(-c3ccc4cc(-c5ccc(-c6ccc7c(ccc8ccc9c%10ccccc%10oc9c87)c6)cc5)ccc4c3)cc2CC1. The van der Waals surface area contributed by atoms with Crippen molar-refractivity contribution in [3.05, 3.63) is 163 Å². The van der Waals surface area contributed by atoms with Crippen LogP contribution in [0.1, 0.15) is 17.5 Å². The van der Waals surface area contributed by atoms with Crippen molar-refractivity contribution in [2.24, 2.45) is 0 Å².